The van der Waals surface area contributed by atoms with Crippen molar-refractivity contribution in [2.24, 2.45) is 0 Å². The molecule has 1 aromatic carbocycles. The fourth-order valence-electron chi connectivity index (χ4n) is 1.51. The average molecular weight is 277 g/mol. The Bertz CT molecular complexity index is 555. The average Bonchev–Trinajstić information content (AvgIpc) is 2.88. The van der Waals surface area contributed by atoms with Gasteiger partial charge in [0.1, 0.15) is 6.33 Å². The Morgan fingerprint density at radius 2 is 2.37 bits per heavy atom. The van der Waals surface area contributed by atoms with Gasteiger partial charge < -0.3 is 11.1 Å². The molecule has 0 saturated carbocycles. The molecule has 0 radical (unpaired) electrons. The Hall–Kier alpha value is -2.02. The van der Waals surface area contributed by atoms with E-state index >= 15 is 0 Å². The summed E-state index contributed by atoms with van der Waals surface area (Å²) in [6, 6.07) is 5.47. The number of H-pyrrole nitrogens is 1. The number of nitrogen functional groups attached to an aromatic ring is 1. The molecule has 1 heterocycles. The summed E-state index contributed by atoms with van der Waals surface area (Å²) < 4.78 is 0. The summed E-state index contributed by atoms with van der Waals surface area (Å²) in [5.74, 6) is 0.600. The Kier molecular flexibility index (Phi) is 4.40. The van der Waals surface area contributed by atoms with Crippen molar-refractivity contribution in [1.29, 1.82) is 0 Å². The molecule has 0 saturated heterocycles. The second kappa shape index (κ2) is 6.24. The zero-order valence-corrected chi connectivity index (χ0v) is 11.3. The topological polar surface area (TPSA) is 96.7 Å². The molecule has 0 fully saturated rings. The minimum absolute atomic E-state index is 0.0410. The smallest absolute Gasteiger partial charge is 0.225 e. The highest BCUT2D eigenvalue weighted by molar-refractivity contribution is 7.99. The van der Waals surface area contributed by atoms with Gasteiger partial charge in [0.05, 0.1) is 0 Å². The Balaban J connectivity index is 1.82. The van der Waals surface area contributed by atoms with Crippen molar-refractivity contribution < 1.29 is 4.79 Å². The van der Waals surface area contributed by atoms with Gasteiger partial charge in [0.15, 0.2) is 5.16 Å². The SMILES string of the molecule is Cc1c(N)cccc1NC(=O)CCSc1ncn[nH]1. The quantitative estimate of drug-likeness (QED) is 0.572. The first kappa shape index (κ1) is 13.4. The molecule has 2 rings (SSSR count). The summed E-state index contributed by atoms with van der Waals surface area (Å²) in [7, 11) is 0. The molecule has 0 atom stereocenters. The number of nitrogens with one attached hydrogen (secondary N) is 2. The van der Waals surface area contributed by atoms with Gasteiger partial charge in [-0.1, -0.05) is 17.8 Å². The third-order valence-electron chi connectivity index (χ3n) is 2.61. The summed E-state index contributed by atoms with van der Waals surface area (Å²) in [5, 5.41) is 10.0. The van der Waals surface area contributed by atoms with Crippen LogP contribution in [0.25, 0.3) is 0 Å². The fourth-order valence-corrected chi connectivity index (χ4v) is 2.23. The largest absolute Gasteiger partial charge is 0.398 e. The molecule has 1 aromatic heterocycles. The van der Waals surface area contributed by atoms with Crippen molar-refractivity contribution >= 4 is 29.0 Å². The van der Waals surface area contributed by atoms with Crippen molar-refractivity contribution in [1.82, 2.24) is 15.2 Å². The first-order valence-electron chi connectivity index (χ1n) is 5.80. The lowest BCUT2D eigenvalue weighted by atomic mass is 10.1. The van der Waals surface area contributed by atoms with E-state index in [1.54, 1.807) is 0 Å². The van der Waals surface area contributed by atoms with E-state index in [1.807, 2.05) is 25.1 Å². The third-order valence-corrected chi connectivity index (χ3v) is 3.49. The first-order chi connectivity index (χ1) is 9.16. The van der Waals surface area contributed by atoms with Crippen LogP contribution in [0, 0.1) is 6.92 Å². The normalized spacial score (nSPS) is 10.4. The molecule has 0 unspecified atom stereocenters. The predicted molar refractivity (Wildman–Crippen MR) is 75.9 cm³/mol. The second-order valence-corrected chi connectivity index (χ2v) is 5.04. The maximum absolute atomic E-state index is 11.8. The number of nitrogens with zero attached hydrogens (tertiary/aromatic N) is 2. The minimum atomic E-state index is -0.0410. The highest BCUT2D eigenvalue weighted by atomic mass is 32.2. The van der Waals surface area contributed by atoms with Gasteiger partial charge in [0, 0.05) is 23.5 Å². The Morgan fingerprint density at radius 1 is 1.53 bits per heavy atom. The number of hydrogen-bond acceptors (Lipinski definition) is 5. The van der Waals surface area contributed by atoms with Crippen molar-refractivity contribution in [2.45, 2.75) is 18.5 Å². The van der Waals surface area contributed by atoms with Gasteiger partial charge in [-0.3, -0.25) is 9.89 Å². The summed E-state index contributed by atoms with van der Waals surface area (Å²) in [4.78, 5) is 15.8. The Morgan fingerprint density at radius 3 is 3.11 bits per heavy atom. The number of benzene rings is 1. The van der Waals surface area contributed by atoms with Crippen molar-refractivity contribution in [3.8, 4) is 0 Å². The molecule has 0 aliphatic heterocycles. The van der Waals surface area contributed by atoms with Crippen LogP contribution in [0.15, 0.2) is 29.7 Å². The minimum Gasteiger partial charge on any atom is -0.398 e. The first-order valence-corrected chi connectivity index (χ1v) is 6.78. The van der Waals surface area contributed by atoms with Gasteiger partial charge in [-0.25, -0.2) is 4.98 Å². The van der Waals surface area contributed by atoms with Crippen molar-refractivity contribution in [3.63, 3.8) is 0 Å². The second-order valence-electron chi connectivity index (χ2n) is 3.96. The number of carbonyl (C=O) groups is 1. The van der Waals surface area contributed by atoms with Crippen LogP contribution in [0.4, 0.5) is 11.4 Å². The number of hydrogen-bond donors (Lipinski definition) is 3. The van der Waals surface area contributed by atoms with Gasteiger partial charge >= 0.3 is 0 Å². The van der Waals surface area contributed by atoms with Gasteiger partial charge in [0.25, 0.3) is 0 Å². The van der Waals surface area contributed by atoms with Crippen LogP contribution in [-0.2, 0) is 4.79 Å². The number of aromatic amines is 1. The number of thioether (sulfide) groups is 1. The molecule has 1 amide bonds. The summed E-state index contributed by atoms with van der Waals surface area (Å²) in [6.07, 6.45) is 1.85. The van der Waals surface area contributed by atoms with Gasteiger partial charge in [-0.05, 0) is 24.6 Å². The van der Waals surface area contributed by atoms with E-state index in [4.69, 9.17) is 5.73 Å². The van der Waals surface area contributed by atoms with Gasteiger partial charge in [-0.2, -0.15) is 5.10 Å². The number of nitrogens with two attached hydrogens (primary N) is 1. The molecule has 7 heteroatoms. The molecule has 0 aliphatic carbocycles. The van der Waals surface area contributed by atoms with Crippen LogP contribution in [-0.4, -0.2) is 26.8 Å². The molecular formula is C12H15N5OS. The van der Waals surface area contributed by atoms with E-state index in [0.717, 1.165) is 11.3 Å². The van der Waals surface area contributed by atoms with Gasteiger partial charge in [0.2, 0.25) is 5.91 Å². The third kappa shape index (κ3) is 3.72. The molecule has 0 aliphatic rings. The zero-order valence-electron chi connectivity index (χ0n) is 10.5. The maximum Gasteiger partial charge on any atom is 0.225 e. The highest BCUT2D eigenvalue weighted by Gasteiger charge is 2.07. The standard InChI is InChI=1S/C12H15N5OS/c1-8-9(13)3-2-4-10(8)16-11(18)5-6-19-12-14-7-15-17-12/h2-4,7H,5-6,13H2,1H3,(H,16,18)(H,14,15,17). The van der Waals surface area contributed by atoms with Crippen molar-refractivity contribution in [2.75, 3.05) is 16.8 Å². The molecule has 0 bridgehead atoms. The maximum atomic E-state index is 11.8. The van der Waals surface area contributed by atoms with Crippen LogP contribution in [0.3, 0.4) is 0 Å². The molecule has 2 aromatic rings. The zero-order chi connectivity index (χ0) is 13.7. The number of rotatable bonds is 5. The van der Waals surface area contributed by atoms with Crippen LogP contribution in [0.2, 0.25) is 0 Å². The number of aromatic nitrogens is 3. The fraction of sp³-hybridized carbons (Fsp3) is 0.250. The van der Waals surface area contributed by atoms with Gasteiger partial charge in [-0.15, -0.1) is 0 Å². The highest BCUT2D eigenvalue weighted by Crippen LogP contribution is 2.21. The van der Waals surface area contributed by atoms with E-state index in [9.17, 15) is 4.79 Å². The number of anilines is 2. The van der Waals surface area contributed by atoms with Crippen LogP contribution >= 0.6 is 11.8 Å². The molecule has 19 heavy (non-hydrogen) atoms. The number of amides is 1. The monoisotopic (exact) mass is 277 g/mol. The molecule has 0 spiro atoms. The lowest BCUT2D eigenvalue weighted by Crippen LogP contribution is -2.13. The summed E-state index contributed by atoms with van der Waals surface area (Å²) in [5.41, 5.74) is 8.11. The summed E-state index contributed by atoms with van der Waals surface area (Å²) >= 11 is 1.46. The van der Waals surface area contributed by atoms with E-state index in [-0.39, 0.29) is 5.91 Å². The Labute approximate surface area is 115 Å². The van der Waals surface area contributed by atoms with Crippen molar-refractivity contribution in [3.05, 3.63) is 30.1 Å². The van der Waals surface area contributed by atoms with E-state index in [0.29, 0.717) is 23.0 Å². The van der Waals surface area contributed by atoms with E-state index in [1.165, 1.54) is 18.1 Å². The van der Waals surface area contributed by atoms with Crippen LogP contribution in [0.5, 0.6) is 0 Å². The van der Waals surface area contributed by atoms with Crippen LogP contribution in [0.1, 0.15) is 12.0 Å². The van der Waals surface area contributed by atoms with E-state index in [2.05, 4.69) is 20.5 Å². The summed E-state index contributed by atoms with van der Waals surface area (Å²) in [6.45, 7) is 1.88. The lowest BCUT2D eigenvalue weighted by Gasteiger charge is -2.09. The number of carbonyl (C=O) groups excluding carboxylic acids is 1. The molecular weight excluding hydrogens is 262 g/mol. The molecule has 4 N–H and O–H groups in total. The predicted octanol–water partition coefficient (Wildman–Crippen LogP) is 1.82. The van der Waals surface area contributed by atoms with Crippen LogP contribution < -0.4 is 11.1 Å². The molecule has 100 valence electrons. The molecule has 6 nitrogen and oxygen atoms in total. The van der Waals surface area contributed by atoms with E-state index < -0.39 is 0 Å². The lowest BCUT2D eigenvalue weighted by molar-refractivity contribution is -0.115.